The van der Waals surface area contributed by atoms with Gasteiger partial charge in [0.1, 0.15) is 12.1 Å². The highest BCUT2D eigenvalue weighted by molar-refractivity contribution is 7.92. The van der Waals surface area contributed by atoms with Gasteiger partial charge in [-0.25, -0.2) is 22.8 Å². The molecule has 2 aromatic heterocycles. The molecule has 0 aliphatic heterocycles. The summed E-state index contributed by atoms with van der Waals surface area (Å²) < 4.78 is 39.8. The fourth-order valence-corrected chi connectivity index (χ4v) is 3.32. The number of anilines is 1. The molecule has 2 heterocycles. The van der Waals surface area contributed by atoms with Crippen molar-refractivity contribution in [2.75, 3.05) is 11.0 Å². The van der Waals surface area contributed by atoms with Crippen molar-refractivity contribution < 1.29 is 12.8 Å². The summed E-state index contributed by atoms with van der Waals surface area (Å²) >= 11 is 0. The number of aromatic nitrogens is 3. The lowest BCUT2D eigenvalue weighted by atomic mass is 10.0. The van der Waals surface area contributed by atoms with Gasteiger partial charge in [0.05, 0.1) is 34.6 Å². The summed E-state index contributed by atoms with van der Waals surface area (Å²) in [5, 5.41) is 0. The number of rotatable bonds is 4. The molecule has 29 heavy (non-hydrogen) atoms. The van der Waals surface area contributed by atoms with Gasteiger partial charge < -0.3 is 0 Å². The molecule has 3 aromatic rings. The smallest absolute Gasteiger partial charge is 0.229 e. The van der Waals surface area contributed by atoms with E-state index in [1.54, 1.807) is 37.4 Å². The van der Waals surface area contributed by atoms with Crippen molar-refractivity contribution in [3.63, 3.8) is 0 Å². The fraction of sp³-hybridized carbons (Fsp3) is 0.190. The topological polar surface area (TPSA) is 84.8 Å². The van der Waals surface area contributed by atoms with Crippen LogP contribution in [0.1, 0.15) is 29.4 Å². The molecule has 0 amide bonds. The maximum absolute atomic E-state index is 14.3. The van der Waals surface area contributed by atoms with Crippen LogP contribution in [-0.2, 0) is 16.4 Å². The van der Waals surface area contributed by atoms with E-state index in [1.165, 1.54) is 12.4 Å². The Kier molecular flexibility index (Phi) is 5.89. The van der Waals surface area contributed by atoms with E-state index in [0.29, 0.717) is 45.9 Å². The van der Waals surface area contributed by atoms with Crippen molar-refractivity contribution in [3.8, 4) is 23.1 Å². The molecule has 0 fully saturated rings. The summed E-state index contributed by atoms with van der Waals surface area (Å²) in [6.45, 7) is 3.63. The number of hydrogen-bond donors (Lipinski definition) is 1. The Morgan fingerprint density at radius 3 is 2.59 bits per heavy atom. The van der Waals surface area contributed by atoms with E-state index in [1.807, 2.05) is 6.92 Å². The van der Waals surface area contributed by atoms with Gasteiger partial charge in [0, 0.05) is 17.3 Å². The van der Waals surface area contributed by atoms with Gasteiger partial charge in [0.15, 0.2) is 0 Å². The lowest BCUT2D eigenvalue weighted by molar-refractivity contribution is 0.606. The van der Waals surface area contributed by atoms with Gasteiger partial charge in [-0.1, -0.05) is 30.9 Å². The minimum absolute atomic E-state index is 0.343. The van der Waals surface area contributed by atoms with Crippen molar-refractivity contribution in [1.82, 2.24) is 15.0 Å². The molecule has 0 aliphatic carbocycles. The third kappa shape index (κ3) is 4.95. The summed E-state index contributed by atoms with van der Waals surface area (Å²) in [4.78, 5) is 12.7. The second kappa shape index (κ2) is 8.37. The van der Waals surface area contributed by atoms with Crippen molar-refractivity contribution in [1.29, 1.82) is 0 Å². The molecule has 1 N–H and O–H groups in total. The summed E-state index contributed by atoms with van der Waals surface area (Å²) in [5.74, 6) is 5.60. The zero-order valence-corrected chi connectivity index (χ0v) is 17.0. The monoisotopic (exact) mass is 410 g/mol. The molecule has 0 radical (unpaired) electrons. The quantitative estimate of drug-likeness (QED) is 0.667. The first kappa shape index (κ1) is 20.4. The second-order valence-corrected chi connectivity index (χ2v) is 8.11. The average Bonchev–Trinajstić information content (AvgIpc) is 2.67. The van der Waals surface area contributed by atoms with Crippen LogP contribution in [0.5, 0.6) is 0 Å². The minimum atomic E-state index is -3.44. The fourth-order valence-electron chi connectivity index (χ4n) is 2.72. The first-order valence-corrected chi connectivity index (χ1v) is 10.7. The molecular formula is C21H19FN4O2S. The van der Waals surface area contributed by atoms with E-state index < -0.39 is 15.8 Å². The van der Waals surface area contributed by atoms with Crippen LogP contribution in [0, 0.1) is 24.6 Å². The van der Waals surface area contributed by atoms with Gasteiger partial charge in [-0.3, -0.25) is 9.71 Å². The van der Waals surface area contributed by atoms with Crippen LogP contribution in [0.25, 0.3) is 11.3 Å². The number of sulfonamides is 1. The largest absolute Gasteiger partial charge is 0.282 e. The molecule has 1 aromatic carbocycles. The lowest BCUT2D eigenvalue weighted by Gasteiger charge is -2.08. The van der Waals surface area contributed by atoms with Gasteiger partial charge in [-0.2, -0.15) is 0 Å². The Morgan fingerprint density at radius 2 is 1.90 bits per heavy atom. The van der Waals surface area contributed by atoms with E-state index in [4.69, 9.17) is 0 Å². The minimum Gasteiger partial charge on any atom is -0.282 e. The van der Waals surface area contributed by atoms with Gasteiger partial charge in [-0.05, 0) is 31.5 Å². The zero-order valence-electron chi connectivity index (χ0n) is 16.2. The number of pyridine rings is 1. The highest BCUT2D eigenvalue weighted by atomic mass is 32.2. The summed E-state index contributed by atoms with van der Waals surface area (Å²) in [6, 6.07) is 7.96. The van der Waals surface area contributed by atoms with Gasteiger partial charge in [-0.15, -0.1) is 0 Å². The predicted octanol–water partition coefficient (Wildman–Crippen LogP) is 3.32. The molecule has 3 rings (SSSR count). The van der Waals surface area contributed by atoms with Gasteiger partial charge in [0.25, 0.3) is 0 Å². The van der Waals surface area contributed by atoms with Crippen LogP contribution < -0.4 is 4.72 Å². The van der Waals surface area contributed by atoms with Crippen molar-refractivity contribution >= 4 is 15.7 Å². The Balaban J connectivity index is 2.10. The molecule has 0 saturated heterocycles. The number of nitrogens with zero attached hydrogens (tertiary/aromatic N) is 3. The molecule has 0 unspecified atom stereocenters. The average molecular weight is 410 g/mol. The summed E-state index contributed by atoms with van der Waals surface area (Å²) in [5.41, 5.74) is 3.37. The Labute approximate surface area is 169 Å². The van der Waals surface area contributed by atoms with Crippen LogP contribution >= 0.6 is 0 Å². The number of halogens is 1. The van der Waals surface area contributed by atoms with Gasteiger partial charge in [0.2, 0.25) is 10.0 Å². The van der Waals surface area contributed by atoms with E-state index in [9.17, 15) is 12.8 Å². The third-order valence-electron chi connectivity index (χ3n) is 4.10. The molecule has 0 aliphatic rings. The third-order valence-corrected chi connectivity index (χ3v) is 4.69. The molecule has 0 atom stereocenters. The zero-order chi connectivity index (χ0) is 21.0. The standard InChI is InChI=1S/C21H19FN4O2S/c1-4-19-17(21(25-13-24-19)16-7-5-6-8-18(16)22)10-9-15-11-20(14(2)23-12-15)26-29(3,27)28/h5-8,11-13,26H,4H2,1-3H3. The van der Waals surface area contributed by atoms with Crippen LogP contribution in [0.15, 0.2) is 42.9 Å². The second-order valence-electron chi connectivity index (χ2n) is 6.36. The normalized spacial score (nSPS) is 10.9. The van der Waals surface area contributed by atoms with Crippen LogP contribution in [0.4, 0.5) is 10.1 Å². The Hall–Kier alpha value is -3.31. The Bertz CT molecular complexity index is 1230. The van der Waals surface area contributed by atoms with Crippen LogP contribution in [0.3, 0.4) is 0 Å². The highest BCUT2D eigenvalue weighted by Crippen LogP contribution is 2.25. The molecule has 8 heteroatoms. The van der Waals surface area contributed by atoms with E-state index >= 15 is 0 Å². The van der Waals surface area contributed by atoms with Crippen LogP contribution in [0.2, 0.25) is 0 Å². The molecule has 0 bridgehead atoms. The summed E-state index contributed by atoms with van der Waals surface area (Å²) in [7, 11) is -3.44. The van der Waals surface area contributed by atoms with E-state index in [-0.39, 0.29) is 0 Å². The van der Waals surface area contributed by atoms with Crippen molar-refractivity contribution in [2.45, 2.75) is 20.3 Å². The van der Waals surface area contributed by atoms with Crippen molar-refractivity contribution in [3.05, 3.63) is 71.2 Å². The SMILES string of the molecule is CCc1ncnc(-c2ccccc2F)c1C#Cc1cnc(C)c(NS(C)(=O)=O)c1. The van der Waals surface area contributed by atoms with Crippen molar-refractivity contribution in [2.24, 2.45) is 0 Å². The van der Waals surface area contributed by atoms with E-state index in [2.05, 4.69) is 31.5 Å². The number of nitrogens with one attached hydrogen (secondary N) is 1. The molecular weight excluding hydrogens is 391 g/mol. The Morgan fingerprint density at radius 1 is 1.14 bits per heavy atom. The van der Waals surface area contributed by atoms with Gasteiger partial charge >= 0.3 is 0 Å². The number of aryl methyl sites for hydroxylation is 2. The maximum Gasteiger partial charge on any atom is 0.229 e. The predicted molar refractivity (Wildman–Crippen MR) is 110 cm³/mol. The first-order valence-electron chi connectivity index (χ1n) is 8.83. The number of hydrogen-bond acceptors (Lipinski definition) is 5. The number of benzene rings is 1. The lowest BCUT2D eigenvalue weighted by Crippen LogP contribution is -2.11. The first-order chi connectivity index (χ1) is 13.8. The molecule has 6 nitrogen and oxygen atoms in total. The molecule has 148 valence electrons. The molecule has 0 saturated carbocycles. The van der Waals surface area contributed by atoms with E-state index in [0.717, 1.165) is 6.26 Å². The maximum atomic E-state index is 14.3. The molecule has 0 spiro atoms. The van der Waals surface area contributed by atoms with Crippen LogP contribution in [-0.4, -0.2) is 29.6 Å². The summed E-state index contributed by atoms with van der Waals surface area (Å²) in [6.07, 6.45) is 4.61. The highest BCUT2D eigenvalue weighted by Gasteiger charge is 2.14.